The number of aliphatic carboxylic acids is 1. The van der Waals surface area contributed by atoms with Crippen LogP contribution in [0.5, 0.6) is 0 Å². The van der Waals surface area contributed by atoms with E-state index in [4.69, 9.17) is 9.84 Å². The Balaban J connectivity index is 1.28. The maximum absolute atomic E-state index is 13.4. The number of carbonyl (C=O) groups is 2. The predicted octanol–water partition coefficient (Wildman–Crippen LogP) is 5.39. The highest BCUT2D eigenvalue weighted by atomic mass is 19.1. The zero-order chi connectivity index (χ0) is 23.2. The van der Waals surface area contributed by atoms with Crippen molar-refractivity contribution < 1.29 is 23.8 Å². The van der Waals surface area contributed by atoms with Crippen LogP contribution in [0.2, 0.25) is 0 Å². The van der Waals surface area contributed by atoms with Crippen molar-refractivity contribution >= 4 is 18.1 Å². The monoisotopic (exact) mass is 445 g/mol. The predicted molar refractivity (Wildman–Crippen MR) is 124 cm³/mol. The van der Waals surface area contributed by atoms with E-state index < -0.39 is 17.9 Å². The molecule has 5 nitrogen and oxygen atoms in total. The van der Waals surface area contributed by atoms with E-state index in [1.165, 1.54) is 23.3 Å². The van der Waals surface area contributed by atoms with Gasteiger partial charge in [-0.2, -0.15) is 0 Å². The average Bonchev–Trinajstić information content (AvgIpc) is 3.12. The number of fused-ring (bicyclic) bond motifs is 3. The van der Waals surface area contributed by atoms with Crippen molar-refractivity contribution in [2.75, 3.05) is 13.2 Å². The summed E-state index contributed by atoms with van der Waals surface area (Å²) in [4.78, 5) is 23.2. The van der Waals surface area contributed by atoms with E-state index in [1.807, 2.05) is 30.3 Å². The molecular weight excluding hydrogens is 421 g/mol. The standard InChI is InChI=1S/C27H24FNO4/c28-20-13-12-18(19(15-20)16-26(30)31)7-5-6-14-29-27(32)33-17-25-23-10-3-1-8-21(23)22-9-2-4-11-24(22)25/h1-5,7-13,15,25H,6,14,16-17H2,(H,29,32)(H,30,31). The molecule has 1 aliphatic rings. The number of halogens is 1. The fourth-order valence-corrected chi connectivity index (χ4v) is 4.17. The fourth-order valence-electron chi connectivity index (χ4n) is 4.17. The second-order valence-electron chi connectivity index (χ2n) is 7.86. The van der Waals surface area contributed by atoms with E-state index in [2.05, 4.69) is 29.6 Å². The van der Waals surface area contributed by atoms with Crippen molar-refractivity contribution in [1.29, 1.82) is 0 Å². The van der Waals surface area contributed by atoms with Crippen molar-refractivity contribution in [2.45, 2.75) is 18.8 Å². The highest BCUT2D eigenvalue weighted by Gasteiger charge is 2.28. The third kappa shape index (κ3) is 5.29. The Labute approximate surface area is 191 Å². The molecule has 0 aliphatic heterocycles. The minimum Gasteiger partial charge on any atom is -0.481 e. The molecule has 1 amide bonds. The first-order valence-corrected chi connectivity index (χ1v) is 10.8. The van der Waals surface area contributed by atoms with Crippen molar-refractivity contribution in [3.05, 3.63) is 101 Å². The summed E-state index contributed by atoms with van der Waals surface area (Å²) in [5.74, 6) is -1.48. The number of carboxylic acids is 1. The summed E-state index contributed by atoms with van der Waals surface area (Å²) in [6.07, 6.45) is 3.32. The van der Waals surface area contributed by atoms with Crippen LogP contribution in [0.3, 0.4) is 0 Å². The molecule has 0 atom stereocenters. The quantitative estimate of drug-likeness (QED) is 0.456. The van der Waals surface area contributed by atoms with E-state index >= 15 is 0 Å². The summed E-state index contributed by atoms with van der Waals surface area (Å²) in [6.45, 7) is 0.618. The molecule has 0 saturated carbocycles. The van der Waals surface area contributed by atoms with Gasteiger partial charge >= 0.3 is 12.1 Å². The largest absolute Gasteiger partial charge is 0.481 e. The van der Waals surface area contributed by atoms with E-state index in [0.29, 0.717) is 24.1 Å². The van der Waals surface area contributed by atoms with E-state index in [0.717, 1.165) is 11.1 Å². The molecule has 4 rings (SSSR count). The lowest BCUT2D eigenvalue weighted by Crippen LogP contribution is -2.26. The zero-order valence-corrected chi connectivity index (χ0v) is 18.0. The van der Waals surface area contributed by atoms with Gasteiger partial charge < -0.3 is 15.2 Å². The molecule has 0 fully saturated rings. The summed E-state index contributed by atoms with van der Waals surface area (Å²) in [5.41, 5.74) is 5.71. The van der Waals surface area contributed by atoms with E-state index in [-0.39, 0.29) is 18.9 Å². The van der Waals surface area contributed by atoms with Gasteiger partial charge in [-0.3, -0.25) is 4.79 Å². The SMILES string of the molecule is O=C(O)Cc1cc(F)ccc1C=CCCNC(=O)OCC1c2ccccc2-c2ccccc21. The smallest absolute Gasteiger partial charge is 0.407 e. The van der Waals surface area contributed by atoms with Gasteiger partial charge in [0.2, 0.25) is 0 Å². The summed E-state index contributed by atoms with van der Waals surface area (Å²) < 4.78 is 18.9. The third-order valence-electron chi connectivity index (χ3n) is 5.67. The Hall–Kier alpha value is -3.93. The first-order chi connectivity index (χ1) is 16.0. The molecule has 2 N–H and O–H groups in total. The van der Waals surface area contributed by atoms with Gasteiger partial charge in [0, 0.05) is 12.5 Å². The highest BCUT2D eigenvalue weighted by Crippen LogP contribution is 2.44. The fraction of sp³-hybridized carbons (Fsp3) is 0.185. The Bertz CT molecular complexity index is 1160. The van der Waals surface area contributed by atoms with Crippen LogP contribution in [-0.2, 0) is 16.0 Å². The Morgan fingerprint density at radius 2 is 1.67 bits per heavy atom. The van der Waals surface area contributed by atoms with Crippen LogP contribution < -0.4 is 5.32 Å². The average molecular weight is 445 g/mol. The van der Waals surface area contributed by atoms with Crippen LogP contribution in [0.1, 0.15) is 34.6 Å². The van der Waals surface area contributed by atoms with Gasteiger partial charge in [0.15, 0.2) is 0 Å². The molecule has 0 heterocycles. The molecule has 0 radical (unpaired) electrons. The number of amides is 1. The highest BCUT2D eigenvalue weighted by molar-refractivity contribution is 5.79. The maximum atomic E-state index is 13.4. The minimum absolute atomic E-state index is 0.00850. The molecule has 0 saturated heterocycles. The lowest BCUT2D eigenvalue weighted by molar-refractivity contribution is -0.136. The number of nitrogens with one attached hydrogen (secondary N) is 1. The number of alkyl carbamates (subject to hydrolysis) is 1. The van der Waals surface area contributed by atoms with Crippen LogP contribution in [-0.4, -0.2) is 30.3 Å². The number of rotatable bonds is 8. The van der Waals surface area contributed by atoms with Gasteiger partial charge in [-0.05, 0) is 51.9 Å². The molecule has 33 heavy (non-hydrogen) atoms. The van der Waals surface area contributed by atoms with Crippen LogP contribution in [0, 0.1) is 5.82 Å². The van der Waals surface area contributed by atoms with E-state index in [9.17, 15) is 14.0 Å². The zero-order valence-electron chi connectivity index (χ0n) is 18.0. The summed E-state index contributed by atoms with van der Waals surface area (Å²) in [7, 11) is 0. The third-order valence-corrected chi connectivity index (χ3v) is 5.67. The van der Waals surface area contributed by atoms with Crippen molar-refractivity contribution in [1.82, 2.24) is 5.32 Å². The first-order valence-electron chi connectivity index (χ1n) is 10.8. The van der Waals surface area contributed by atoms with Gasteiger partial charge in [-0.1, -0.05) is 66.7 Å². The number of hydrogen-bond donors (Lipinski definition) is 2. The van der Waals surface area contributed by atoms with Gasteiger partial charge in [0.25, 0.3) is 0 Å². The number of ether oxygens (including phenoxy) is 1. The van der Waals surface area contributed by atoms with Crippen LogP contribution in [0.15, 0.2) is 72.8 Å². The topological polar surface area (TPSA) is 75.6 Å². The second-order valence-corrected chi connectivity index (χ2v) is 7.86. The number of benzene rings is 3. The van der Waals surface area contributed by atoms with E-state index in [1.54, 1.807) is 12.1 Å². The Morgan fingerprint density at radius 1 is 1.00 bits per heavy atom. The normalized spacial score (nSPS) is 12.4. The van der Waals surface area contributed by atoms with Gasteiger partial charge in [0.1, 0.15) is 12.4 Å². The summed E-state index contributed by atoms with van der Waals surface area (Å²) in [6, 6.07) is 20.4. The van der Waals surface area contributed by atoms with Crippen molar-refractivity contribution in [2.24, 2.45) is 0 Å². The first kappa shape index (κ1) is 22.3. The molecule has 6 heteroatoms. The Morgan fingerprint density at radius 3 is 2.33 bits per heavy atom. The molecule has 3 aromatic carbocycles. The lowest BCUT2D eigenvalue weighted by atomic mass is 9.98. The molecule has 3 aromatic rings. The maximum Gasteiger partial charge on any atom is 0.407 e. The second kappa shape index (κ2) is 10.1. The molecule has 0 bridgehead atoms. The van der Waals surface area contributed by atoms with Crippen molar-refractivity contribution in [3.8, 4) is 11.1 Å². The van der Waals surface area contributed by atoms with Gasteiger partial charge in [0.05, 0.1) is 6.42 Å². The molecule has 1 aliphatic carbocycles. The molecule has 168 valence electrons. The van der Waals surface area contributed by atoms with Gasteiger partial charge in [-0.25, -0.2) is 9.18 Å². The summed E-state index contributed by atoms with van der Waals surface area (Å²) >= 11 is 0. The van der Waals surface area contributed by atoms with Crippen LogP contribution >= 0.6 is 0 Å². The molecular formula is C27H24FNO4. The number of hydrogen-bond acceptors (Lipinski definition) is 3. The molecule has 0 unspecified atom stereocenters. The van der Waals surface area contributed by atoms with Crippen LogP contribution in [0.4, 0.5) is 9.18 Å². The molecule has 0 spiro atoms. The minimum atomic E-state index is -1.02. The number of carbonyl (C=O) groups excluding carboxylic acids is 1. The number of carboxylic acid groups (broad SMARTS) is 1. The van der Waals surface area contributed by atoms with Crippen LogP contribution in [0.25, 0.3) is 17.2 Å². The lowest BCUT2D eigenvalue weighted by Gasteiger charge is -2.14. The van der Waals surface area contributed by atoms with Crippen molar-refractivity contribution in [3.63, 3.8) is 0 Å². The Kier molecular flexibility index (Phi) is 6.83. The van der Waals surface area contributed by atoms with Gasteiger partial charge in [-0.15, -0.1) is 0 Å². The summed E-state index contributed by atoms with van der Waals surface area (Å²) in [5, 5.41) is 11.7. The molecule has 0 aromatic heterocycles.